The first kappa shape index (κ1) is 14.5. The number of sulfone groups is 1. The molecular weight excluding hydrogens is 360 g/mol. The van der Waals surface area contributed by atoms with Gasteiger partial charge in [-0.25, -0.2) is 8.42 Å². The Morgan fingerprint density at radius 2 is 2.14 bits per heavy atom. The first-order valence-corrected chi connectivity index (χ1v) is 8.73. The molecule has 0 fully saturated rings. The Kier molecular flexibility index (Phi) is 3.32. The normalized spacial score (nSPS) is 17.8. The van der Waals surface area contributed by atoms with Crippen LogP contribution in [0.5, 0.6) is 0 Å². The lowest BCUT2D eigenvalue weighted by molar-refractivity contribution is 0.0123. The Hall–Kier alpha value is -1.41. The number of fused-ring (bicyclic) bond motifs is 1. The quantitative estimate of drug-likeness (QED) is 0.808. The molecular formula is C13H13BrN2O4S. The molecule has 0 spiro atoms. The number of oxime groups is 1. The van der Waals surface area contributed by atoms with Crippen LogP contribution in [-0.4, -0.2) is 24.2 Å². The van der Waals surface area contributed by atoms with E-state index in [9.17, 15) is 8.42 Å². The molecule has 0 amide bonds. The van der Waals surface area contributed by atoms with Gasteiger partial charge in [0, 0.05) is 16.3 Å². The molecule has 1 aliphatic rings. The molecule has 1 aliphatic heterocycles. The highest BCUT2D eigenvalue weighted by atomic mass is 79.9. The summed E-state index contributed by atoms with van der Waals surface area (Å²) in [7, 11) is -3.56. The predicted molar refractivity (Wildman–Crippen MR) is 81.5 cm³/mol. The zero-order valence-corrected chi connectivity index (χ0v) is 13.9. The summed E-state index contributed by atoms with van der Waals surface area (Å²) in [4.78, 5) is 5.12. The molecule has 0 radical (unpaired) electrons. The summed E-state index contributed by atoms with van der Waals surface area (Å²) in [5.74, 6) is -0.250. The van der Waals surface area contributed by atoms with Crippen LogP contribution in [0.3, 0.4) is 0 Å². The Morgan fingerprint density at radius 3 is 2.81 bits per heavy atom. The van der Waals surface area contributed by atoms with Gasteiger partial charge in [0.2, 0.25) is 9.84 Å². The molecule has 1 aromatic carbocycles. The maximum atomic E-state index is 12.4. The van der Waals surface area contributed by atoms with Crippen LogP contribution < -0.4 is 0 Å². The molecule has 0 bridgehead atoms. The minimum atomic E-state index is -3.56. The van der Waals surface area contributed by atoms with Crippen molar-refractivity contribution >= 4 is 41.8 Å². The number of rotatable bonds is 2. The zero-order chi connectivity index (χ0) is 15.3. The minimum absolute atomic E-state index is 0.0563. The third kappa shape index (κ3) is 2.82. The van der Waals surface area contributed by atoms with Crippen molar-refractivity contribution in [3.05, 3.63) is 28.4 Å². The SMILES string of the molecule is CC1(C)CC(S(=O)(=O)Cc2noc3cc(Br)ccc23)=NO1. The molecule has 0 saturated carbocycles. The van der Waals surface area contributed by atoms with E-state index in [4.69, 9.17) is 9.36 Å². The third-order valence-electron chi connectivity index (χ3n) is 3.17. The fraction of sp³-hybridized carbons (Fsp3) is 0.385. The molecule has 3 rings (SSSR count). The van der Waals surface area contributed by atoms with Gasteiger partial charge in [0.25, 0.3) is 0 Å². The van der Waals surface area contributed by atoms with Crippen molar-refractivity contribution in [2.24, 2.45) is 5.16 Å². The van der Waals surface area contributed by atoms with Gasteiger partial charge >= 0.3 is 0 Å². The first-order valence-electron chi connectivity index (χ1n) is 6.28. The molecule has 1 aromatic heterocycles. The molecule has 0 atom stereocenters. The lowest BCUT2D eigenvalue weighted by Gasteiger charge is -2.13. The van der Waals surface area contributed by atoms with Crippen molar-refractivity contribution in [2.45, 2.75) is 31.6 Å². The number of aromatic nitrogens is 1. The number of hydrogen-bond acceptors (Lipinski definition) is 6. The van der Waals surface area contributed by atoms with Gasteiger partial charge in [-0.1, -0.05) is 26.2 Å². The average molecular weight is 373 g/mol. The summed E-state index contributed by atoms with van der Waals surface area (Å²) >= 11 is 3.33. The van der Waals surface area contributed by atoms with E-state index in [0.717, 1.165) is 4.47 Å². The summed E-state index contributed by atoms with van der Waals surface area (Å²) in [5.41, 5.74) is 0.337. The summed E-state index contributed by atoms with van der Waals surface area (Å²) in [6.07, 6.45) is 0.261. The maximum Gasteiger partial charge on any atom is 0.200 e. The number of benzene rings is 1. The van der Waals surface area contributed by atoms with Gasteiger partial charge < -0.3 is 9.36 Å². The molecule has 112 valence electrons. The average Bonchev–Trinajstić information content (AvgIpc) is 2.93. The Bertz CT molecular complexity index is 839. The van der Waals surface area contributed by atoms with E-state index in [1.165, 1.54) is 0 Å². The van der Waals surface area contributed by atoms with E-state index in [1.807, 2.05) is 6.07 Å². The van der Waals surface area contributed by atoms with E-state index in [1.54, 1.807) is 26.0 Å². The smallest absolute Gasteiger partial charge is 0.200 e. The van der Waals surface area contributed by atoms with Crippen molar-refractivity contribution in [3.8, 4) is 0 Å². The van der Waals surface area contributed by atoms with Gasteiger partial charge in [-0.05, 0) is 32.0 Å². The second kappa shape index (κ2) is 4.81. The first-order chi connectivity index (χ1) is 9.77. The van der Waals surface area contributed by atoms with Crippen LogP contribution in [0.15, 0.2) is 32.4 Å². The van der Waals surface area contributed by atoms with Crippen LogP contribution in [0, 0.1) is 0 Å². The summed E-state index contributed by atoms with van der Waals surface area (Å²) < 4.78 is 30.8. The van der Waals surface area contributed by atoms with Crippen LogP contribution in [0.25, 0.3) is 11.0 Å². The fourth-order valence-corrected chi connectivity index (χ4v) is 3.89. The van der Waals surface area contributed by atoms with Crippen molar-refractivity contribution in [1.29, 1.82) is 0 Å². The molecule has 0 saturated heterocycles. The number of halogens is 1. The zero-order valence-electron chi connectivity index (χ0n) is 11.5. The Morgan fingerprint density at radius 1 is 1.38 bits per heavy atom. The summed E-state index contributed by atoms with van der Waals surface area (Å²) in [5, 5.41) is 8.29. The van der Waals surface area contributed by atoms with Crippen molar-refractivity contribution in [1.82, 2.24) is 5.16 Å². The highest BCUT2D eigenvalue weighted by molar-refractivity contribution is 9.10. The molecule has 2 aromatic rings. The van der Waals surface area contributed by atoms with Crippen LogP contribution in [0.2, 0.25) is 0 Å². The molecule has 0 N–H and O–H groups in total. The molecule has 6 nitrogen and oxygen atoms in total. The lowest BCUT2D eigenvalue weighted by Crippen LogP contribution is -2.23. The molecule has 21 heavy (non-hydrogen) atoms. The van der Waals surface area contributed by atoms with Gasteiger partial charge in [-0.2, -0.15) is 0 Å². The van der Waals surface area contributed by atoms with E-state index in [0.29, 0.717) is 16.7 Å². The van der Waals surface area contributed by atoms with Crippen molar-refractivity contribution < 1.29 is 17.8 Å². The molecule has 8 heteroatoms. The number of nitrogens with zero attached hydrogens (tertiary/aromatic N) is 2. The summed E-state index contributed by atoms with van der Waals surface area (Å²) in [6.45, 7) is 3.59. The fourth-order valence-electron chi connectivity index (χ4n) is 2.10. The largest absolute Gasteiger partial charge is 0.389 e. The minimum Gasteiger partial charge on any atom is -0.389 e. The Labute approximate surface area is 130 Å². The topological polar surface area (TPSA) is 81.8 Å². The van der Waals surface area contributed by atoms with Crippen molar-refractivity contribution in [2.75, 3.05) is 0 Å². The van der Waals surface area contributed by atoms with Crippen LogP contribution in [0.4, 0.5) is 0 Å². The highest BCUT2D eigenvalue weighted by Crippen LogP contribution is 2.28. The third-order valence-corrected chi connectivity index (χ3v) is 5.25. The standard InChI is InChI=1S/C13H13BrN2O4S/c1-13(2)6-12(16-20-13)21(17,18)7-10-9-4-3-8(14)5-11(9)19-15-10/h3-5H,6-7H2,1-2H3. The number of hydrogen-bond donors (Lipinski definition) is 0. The summed E-state index contributed by atoms with van der Waals surface area (Å²) in [6, 6.07) is 5.34. The van der Waals surface area contributed by atoms with E-state index < -0.39 is 15.4 Å². The van der Waals surface area contributed by atoms with Crippen molar-refractivity contribution in [3.63, 3.8) is 0 Å². The van der Waals surface area contributed by atoms with Crippen LogP contribution >= 0.6 is 15.9 Å². The lowest BCUT2D eigenvalue weighted by atomic mass is 10.1. The van der Waals surface area contributed by atoms with Gasteiger partial charge in [-0.3, -0.25) is 0 Å². The van der Waals surface area contributed by atoms with Gasteiger partial charge in [0.1, 0.15) is 17.0 Å². The van der Waals surface area contributed by atoms with Gasteiger partial charge in [0.05, 0.1) is 0 Å². The second-order valence-corrected chi connectivity index (χ2v) is 8.45. The molecule has 0 unspecified atom stereocenters. The van der Waals surface area contributed by atoms with E-state index in [2.05, 4.69) is 26.2 Å². The van der Waals surface area contributed by atoms with E-state index in [-0.39, 0.29) is 17.2 Å². The van der Waals surface area contributed by atoms with Crippen LogP contribution in [-0.2, 0) is 20.4 Å². The molecule has 2 heterocycles. The molecule has 0 aliphatic carbocycles. The maximum absolute atomic E-state index is 12.4. The monoisotopic (exact) mass is 372 g/mol. The van der Waals surface area contributed by atoms with E-state index >= 15 is 0 Å². The Balaban J connectivity index is 1.92. The van der Waals surface area contributed by atoms with Gasteiger partial charge in [0.15, 0.2) is 10.6 Å². The second-order valence-electron chi connectivity index (χ2n) is 5.54. The van der Waals surface area contributed by atoms with Crippen LogP contribution in [0.1, 0.15) is 26.0 Å². The predicted octanol–water partition coefficient (Wildman–Crippen LogP) is 3.02. The highest BCUT2D eigenvalue weighted by Gasteiger charge is 2.36. The van der Waals surface area contributed by atoms with Gasteiger partial charge in [-0.15, -0.1) is 0 Å².